The number of rotatable bonds is 24. The van der Waals surface area contributed by atoms with Crippen LogP contribution in [0.1, 0.15) is 153 Å². The van der Waals surface area contributed by atoms with Crippen molar-refractivity contribution in [2.45, 2.75) is 155 Å². The third-order valence-electron chi connectivity index (χ3n) is 9.73. The van der Waals surface area contributed by atoms with E-state index in [9.17, 15) is 0 Å². The van der Waals surface area contributed by atoms with Crippen molar-refractivity contribution in [2.24, 2.45) is 0 Å². The number of benzene rings is 4. The van der Waals surface area contributed by atoms with E-state index in [0.29, 0.717) is 0 Å². The molecule has 0 saturated carbocycles. The SMILES string of the molecule is CCCCCCCCCCCCc1ccc2ccccc2c1Oc1c(CCCCCCCCCCCC)ccc2ccccc12. The third-order valence-corrected chi connectivity index (χ3v) is 9.73. The fourth-order valence-electron chi connectivity index (χ4n) is 6.92. The van der Waals surface area contributed by atoms with E-state index < -0.39 is 0 Å². The van der Waals surface area contributed by atoms with Gasteiger partial charge in [-0.1, -0.05) is 202 Å². The molecule has 0 radical (unpaired) electrons. The molecule has 45 heavy (non-hydrogen) atoms. The molecule has 0 bridgehead atoms. The summed E-state index contributed by atoms with van der Waals surface area (Å²) in [6.07, 6.45) is 29.4. The second-order valence-electron chi connectivity index (χ2n) is 13.5. The van der Waals surface area contributed by atoms with E-state index in [1.54, 1.807) is 0 Å². The summed E-state index contributed by atoms with van der Waals surface area (Å²) in [7, 11) is 0. The van der Waals surface area contributed by atoms with E-state index in [1.807, 2.05) is 0 Å². The lowest BCUT2D eigenvalue weighted by Gasteiger charge is -2.19. The Morgan fingerprint density at radius 1 is 0.356 bits per heavy atom. The Morgan fingerprint density at radius 3 is 1.07 bits per heavy atom. The molecule has 0 spiro atoms. The van der Waals surface area contributed by atoms with E-state index in [2.05, 4.69) is 86.6 Å². The maximum atomic E-state index is 7.15. The van der Waals surface area contributed by atoms with Gasteiger partial charge in [-0.25, -0.2) is 0 Å². The molecule has 1 heteroatoms. The Labute approximate surface area is 276 Å². The van der Waals surface area contributed by atoms with Gasteiger partial charge in [0.15, 0.2) is 0 Å². The molecule has 0 fully saturated rings. The second-order valence-corrected chi connectivity index (χ2v) is 13.5. The monoisotopic (exact) mass is 606 g/mol. The highest BCUT2D eigenvalue weighted by Gasteiger charge is 2.15. The molecular formula is C44H62O. The molecule has 244 valence electrons. The van der Waals surface area contributed by atoms with Gasteiger partial charge >= 0.3 is 0 Å². The largest absolute Gasteiger partial charge is 0.455 e. The second kappa shape index (κ2) is 21.1. The summed E-state index contributed by atoms with van der Waals surface area (Å²) in [6.45, 7) is 4.60. The Morgan fingerprint density at radius 2 is 0.689 bits per heavy atom. The van der Waals surface area contributed by atoms with Crippen LogP contribution in [0.4, 0.5) is 0 Å². The summed E-state index contributed by atoms with van der Waals surface area (Å²) in [5, 5.41) is 4.99. The highest BCUT2D eigenvalue weighted by Crippen LogP contribution is 2.40. The summed E-state index contributed by atoms with van der Waals surface area (Å²) in [5.41, 5.74) is 2.71. The molecule has 0 aliphatic heterocycles. The zero-order valence-corrected chi connectivity index (χ0v) is 28.9. The van der Waals surface area contributed by atoms with Gasteiger partial charge in [-0.05, 0) is 47.6 Å². The number of fused-ring (bicyclic) bond motifs is 2. The maximum Gasteiger partial charge on any atom is 0.138 e. The first kappa shape index (κ1) is 35.1. The number of hydrogen-bond acceptors (Lipinski definition) is 1. The fourth-order valence-corrected chi connectivity index (χ4v) is 6.92. The molecule has 0 N–H and O–H groups in total. The fraction of sp³-hybridized carbons (Fsp3) is 0.545. The van der Waals surface area contributed by atoms with Crippen molar-refractivity contribution in [1.29, 1.82) is 0 Å². The number of unbranched alkanes of at least 4 members (excludes halogenated alkanes) is 18. The van der Waals surface area contributed by atoms with E-state index in [1.165, 1.54) is 161 Å². The minimum atomic E-state index is 1.07. The molecule has 4 aromatic rings. The first-order valence-corrected chi connectivity index (χ1v) is 19.0. The van der Waals surface area contributed by atoms with Gasteiger partial charge in [0.1, 0.15) is 11.5 Å². The standard InChI is InChI=1S/C44H62O/c1-3-5-7-9-11-13-15-17-19-21-29-39-35-33-37-27-23-25-31-41(37)43(39)45-44-40(36-34-38-28-24-26-32-42(38)44)30-22-20-18-16-14-12-10-8-6-4-2/h23-28,31-36H,3-22,29-30H2,1-2H3. The van der Waals surface area contributed by atoms with Crippen LogP contribution in [-0.2, 0) is 12.8 Å². The van der Waals surface area contributed by atoms with Crippen molar-refractivity contribution in [3.63, 3.8) is 0 Å². The molecule has 0 aliphatic carbocycles. The molecule has 0 aliphatic rings. The topological polar surface area (TPSA) is 9.23 Å². The molecule has 0 heterocycles. The van der Waals surface area contributed by atoms with Crippen LogP contribution in [0.3, 0.4) is 0 Å². The summed E-state index contributed by atoms with van der Waals surface area (Å²) in [6, 6.07) is 26.8. The van der Waals surface area contributed by atoms with Crippen LogP contribution in [0, 0.1) is 0 Å². The first-order valence-electron chi connectivity index (χ1n) is 19.0. The Kier molecular flexibility index (Phi) is 16.4. The smallest absolute Gasteiger partial charge is 0.138 e. The van der Waals surface area contributed by atoms with Crippen LogP contribution < -0.4 is 4.74 Å². The van der Waals surface area contributed by atoms with Gasteiger partial charge in [0.25, 0.3) is 0 Å². The molecule has 0 unspecified atom stereocenters. The Hall–Kier alpha value is -2.80. The average molecular weight is 607 g/mol. The van der Waals surface area contributed by atoms with Gasteiger partial charge in [0.2, 0.25) is 0 Å². The minimum Gasteiger partial charge on any atom is -0.455 e. The van der Waals surface area contributed by atoms with E-state index in [4.69, 9.17) is 4.74 Å². The van der Waals surface area contributed by atoms with Gasteiger partial charge in [-0.2, -0.15) is 0 Å². The normalized spacial score (nSPS) is 11.5. The predicted molar refractivity (Wildman–Crippen MR) is 199 cm³/mol. The van der Waals surface area contributed by atoms with Crippen LogP contribution in [-0.4, -0.2) is 0 Å². The summed E-state index contributed by atoms with van der Waals surface area (Å²) in [4.78, 5) is 0. The van der Waals surface area contributed by atoms with Crippen LogP contribution >= 0.6 is 0 Å². The average Bonchev–Trinajstić information content (AvgIpc) is 3.07. The van der Waals surface area contributed by atoms with Crippen LogP contribution in [0.5, 0.6) is 11.5 Å². The molecular weight excluding hydrogens is 544 g/mol. The van der Waals surface area contributed by atoms with Crippen molar-refractivity contribution in [3.05, 3.63) is 83.9 Å². The first-order chi connectivity index (χ1) is 22.3. The third kappa shape index (κ3) is 11.8. The predicted octanol–water partition coefficient (Wildman–Crippen LogP) is 14.7. The number of hydrogen-bond donors (Lipinski definition) is 0. The van der Waals surface area contributed by atoms with Crippen molar-refractivity contribution >= 4 is 21.5 Å². The van der Waals surface area contributed by atoms with E-state index in [-0.39, 0.29) is 0 Å². The van der Waals surface area contributed by atoms with Crippen LogP contribution in [0.2, 0.25) is 0 Å². The zero-order chi connectivity index (χ0) is 31.4. The minimum absolute atomic E-state index is 1.07. The van der Waals surface area contributed by atoms with E-state index in [0.717, 1.165) is 24.3 Å². The molecule has 0 saturated heterocycles. The molecule has 0 atom stereocenters. The van der Waals surface area contributed by atoms with Crippen molar-refractivity contribution in [3.8, 4) is 11.5 Å². The highest BCUT2D eigenvalue weighted by atomic mass is 16.5. The van der Waals surface area contributed by atoms with Crippen LogP contribution in [0.15, 0.2) is 72.8 Å². The van der Waals surface area contributed by atoms with Crippen molar-refractivity contribution in [1.82, 2.24) is 0 Å². The quantitative estimate of drug-likeness (QED) is 0.0721. The zero-order valence-electron chi connectivity index (χ0n) is 28.9. The summed E-state index contributed by atoms with van der Waals surface area (Å²) in [5.74, 6) is 2.15. The van der Waals surface area contributed by atoms with Gasteiger partial charge in [-0.15, -0.1) is 0 Å². The van der Waals surface area contributed by atoms with Crippen LogP contribution in [0.25, 0.3) is 21.5 Å². The Bertz CT molecular complexity index is 1260. The van der Waals surface area contributed by atoms with Gasteiger partial charge < -0.3 is 4.74 Å². The van der Waals surface area contributed by atoms with Crippen molar-refractivity contribution < 1.29 is 4.74 Å². The van der Waals surface area contributed by atoms with Crippen molar-refractivity contribution in [2.75, 3.05) is 0 Å². The highest BCUT2D eigenvalue weighted by molar-refractivity contribution is 5.93. The summed E-state index contributed by atoms with van der Waals surface area (Å²) < 4.78 is 7.15. The van der Waals surface area contributed by atoms with Gasteiger partial charge in [0, 0.05) is 10.8 Å². The van der Waals surface area contributed by atoms with Gasteiger partial charge in [0.05, 0.1) is 0 Å². The summed E-state index contributed by atoms with van der Waals surface area (Å²) >= 11 is 0. The lowest BCUT2D eigenvalue weighted by molar-refractivity contribution is 0.476. The van der Waals surface area contributed by atoms with E-state index >= 15 is 0 Å². The molecule has 0 aromatic heterocycles. The number of ether oxygens (including phenoxy) is 1. The lowest BCUT2D eigenvalue weighted by atomic mass is 9.98. The number of aryl methyl sites for hydroxylation is 2. The maximum absolute atomic E-state index is 7.15. The molecule has 4 aromatic carbocycles. The lowest BCUT2D eigenvalue weighted by Crippen LogP contribution is -1.99. The molecule has 1 nitrogen and oxygen atoms in total. The molecule has 0 amide bonds. The van der Waals surface area contributed by atoms with Gasteiger partial charge in [-0.3, -0.25) is 0 Å². The molecule has 4 rings (SSSR count). The Balaban J connectivity index is 1.40.